The first-order valence-corrected chi connectivity index (χ1v) is 12.7. The Hall–Kier alpha value is -4.14. The molecule has 5 rings (SSSR count). The van der Waals surface area contributed by atoms with Crippen LogP contribution in [0.4, 0.5) is 17.1 Å². The Bertz CT molecular complexity index is 1370. The molecular formula is C24H26ClN9O5. The normalized spacial score (nSPS) is 16.0. The highest BCUT2D eigenvalue weighted by atomic mass is 35.5. The number of benzene rings is 2. The predicted molar refractivity (Wildman–Crippen MR) is 143 cm³/mol. The summed E-state index contributed by atoms with van der Waals surface area (Å²) in [6.07, 6.45) is 1.41. The lowest BCUT2D eigenvalue weighted by Crippen LogP contribution is -2.38. The van der Waals surface area contributed by atoms with Crippen LogP contribution in [0, 0.1) is 10.1 Å². The molecule has 0 atom stereocenters. The number of nitrogens with one attached hydrogen (secondary N) is 1. The van der Waals surface area contributed by atoms with Crippen molar-refractivity contribution >= 4 is 40.8 Å². The van der Waals surface area contributed by atoms with E-state index < -0.39 is 10.8 Å². The van der Waals surface area contributed by atoms with Crippen molar-refractivity contribution < 1.29 is 19.2 Å². The van der Waals surface area contributed by atoms with Gasteiger partial charge in [-0.15, -0.1) is 10.2 Å². The smallest absolute Gasteiger partial charge is 0.293 e. The molecule has 0 saturated carbocycles. The fraction of sp³-hybridized carbons (Fsp3) is 0.375. The van der Waals surface area contributed by atoms with Gasteiger partial charge in [0, 0.05) is 49.1 Å². The van der Waals surface area contributed by atoms with E-state index in [1.54, 1.807) is 24.3 Å². The standard InChI is InChI=1S/C24H26ClN9O5/c25-19-4-2-1-3-18(19)24-28-30-33(29-24)16-23(35)27-26-15-17-13-22(34(36)37)21(32-7-11-39-12-8-32)14-20(17)31-5-9-38-10-6-31/h1-4,13-15H,5-12,16H2,(H,27,35)/b26-15+. The number of carbonyl (C=O) groups is 1. The molecule has 3 aromatic rings. The highest BCUT2D eigenvalue weighted by Gasteiger charge is 2.26. The van der Waals surface area contributed by atoms with E-state index in [0.717, 1.165) is 10.5 Å². The Labute approximate surface area is 228 Å². The second kappa shape index (κ2) is 12.1. The second-order valence-electron chi connectivity index (χ2n) is 8.77. The molecule has 39 heavy (non-hydrogen) atoms. The summed E-state index contributed by atoms with van der Waals surface area (Å²) in [7, 11) is 0. The van der Waals surface area contributed by atoms with Crippen LogP contribution in [0.2, 0.25) is 5.02 Å². The Morgan fingerprint density at radius 3 is 2.41 bits per heavy atom. The van der Waals surface area contributed by atoms with Crippen LogP contribution < -0.4 is 15.2 Å². The lowest BCUT2D eigenvalue weighted by molar-refractivity contribution is -0.384. The van der Waals surface area contributed by atoms with Gasteiger partial charge in [0.05, 0.1) is 42.6 Å². The highest BCUT2D eigenvalue weighted by Crippen LogP contribution is 2.36. The molecule has 14 nitrogen and oxygen atoms in total. The number of aromatic nitrogens is 4. The highest BCUT2D eigenvalue weighted by molar-refractivity contribution is 6.33. The Morgan fingerprint density at radius 2 is 1.74 bits per heavy atom. The van der Waals surface area contributed by atoms with Crippen LogP contribution in [0.3, 0.4) is 0 Å². The van der Waals surface area contributed by atoms with E-state index in [4.69, 9.17) is 21.1 Å². The number of hydrazone groups is 1. The number of morpholine rings is 2. The maximum atomic E-state index is 12.5. The molecule has 0 unspecified atom stereocenters. The van der Waals surface area contributed by atoms with Gasteiger partial charge >= 0.3 is 0 Å². The maximum absolute atomic E-state index is 12.5. The molecule has 15 heteroatoms. The first kappa shape index (κ1) is 26.5. The molecule has 0 spiro atoms. The van der Waals surface area contributed by atoms with Gasteiger partial charge in [-0.3, -0.25) is 14.9 Å². The summed E-state index contributed by atoms with van der Waals surface area (Å²) in [6, 6.07) is 10.3. The van der Waals surface area contributed by atoms with Crippen LogP contribution >= 0.6 is 11.6 Å². The van der Waals surface area contributed by atoms with E-state index >= 15 is 0 Å². The van der Waals surface area contributed by atoms with Crippen LogP contribution in [0.15, 0.2) is 41.5 Å². The average molecular weight is 556 g/mol. The molecule has 2 saturated heterocycles. The Balaban J connectivity index is 1.34. The average Bonchev–Trinajstić information content (AvgIpc) is 3.42. The molecule has 2 fully saturated rings. The number of carbonyl (C=O) groups excluding carboxylic acids is 1. The fourth-order valence-corrected chi connectivity index (χ4v) is 4.59. The van der Waals surface area contributed by atoms with Crippen LogP contribution in [-0.2, 0) is 20.8 Å². The van der Waals surface area contributed by atoms with Crippen LogP contribution in [0.1, 0.15) is 5.56 Å². The van der Waals surface area contributed by atoms with E-state index in [1.165, 1.54) is 12.3 Å². The molecule has 1 N–H and O–H groups in total. The summed E-state index contributed by atoms with van der Waals surface area (Å²) in [6.45, 7) is 4.21. The largest absolute Gasteiger partial charge is 0.378 e. The number of amides is 1. The summed E-state index contributed by atoms with van der Waals surface area (Å²) in [5.74, 6) is -0.207. The van der Waals surface area contributed by atoms with Crippen molar-refractivity contribution in [1.82, 2.24) is 25.6 Å². The van der Waals surface area contributed by atoms with E-state index in [9.17, 15) is 14.9 Å². The summed E-state index contributed by atoms with van der Waals surface area (Å²) >= 11 is 6.18. The second-order valence-corrected chi connectivity index (χ2v) is 9.18. The van der Waals surface area contributed by atoms with Gasteiger partial charge in [-0.25, -0.2) is 5.43 Å². The van der Waals surface area contributed by atoms with E-state index in [0.29, 0.717) is 80.3 Å². The van der Waals surface area contributed by atoms with E-state index in [-0.39, 0.29) is 12.2 Å². The molecule has 0 radical (unpaired) electrons. The number of nitrogens with zero attached hydrogens (tertiary/aromatic N) is 8. The first-order valence-electron chi connectivity index (χ1n) is 12.3. The number of nitro groups is 1. The lowest BCUT2D eigenvalue weighted by Gasteiger charge is -2.33. The molecule has 2 aliphatic heterocycles. The summed E-state index contributed by atoms with van der Waals surface area (Å²) in [4.78, 5) is 29.3. The van der Waals surface area contributed by atoms with Gasteiger partial charge in [0.25, 0.3) is 11.6 Å². The Morgan fingerprint density at radius 1 is 1.08 bits per heavy atom. The quantitative estimate of drug-likeness (QED) is 0.247. The number of hydrogen-bond donors (Lipinski definition) is 1. The third-order valence-electron chi connectivity index (χ3n) is 6.27. The van der Waals surface area contributed by atoms with Gasteiger partial charge in [-0.1, -0.05) is 23.7 Å². The van der Waals surface area contributed by atoms with Gasteiger partial charge in [0.1, 0.15) is 12.2 Å². The zero-order valence-electron chi connectivity index (χ0n) is 20.9. The van der Waals surface area contributed by atoms with Crippen molar-refractivity contribution in [2.45, 2.75) is 6.54 Å². The SMILES string of the molecule is O=C(Cn1nnc(-c2ccccc2Cl)n1)N/N=C/c1cc([N+](=O)[O-])c(N2CCOCC2)cc1N1CCOCC1. The van der Waals surface area contributed by atoms with Crippen LogP contribution in [0.25, 0.3) is 11.4 Å². The Kier molecular flexibility index (Phi) is 8.24. The number of nitro benzene ring substituents is 1. The molecular weight excluding hydrogens is 530 g/mol. The minimum absolute atomic E-state index is 0.0411. The number of anilines is 2. The van der Waals surface area contributed by atoms with Crippen LogP contribution in [-0.4, -0.2) is 89.9 Å². The molecule has 204 valence electrons. The maximum Gasteiger partial charge on any atom is 0.293 e. The number of halogens is 1. The van der Waals surface area contributed by atoms with Gasteiger partial charge in [-0.05, 0) is 23.4 Å². The van der Waals surface area contributed by atoms with Gasteiger partial charge in [0.15, 0.2) is 0 Å². The van der Waals surface area contributed by atoms with Gasteiger partial charge in [0.2, 0.25) is 5.82 Å². The van der Waals surface area contributed by atoms with E-state index in [1.807, 2.05) is 11.0 Å². The molecule has 2 aliphatic rings. The minimum atomic E-state index is -0.498. The summed E-state index contributed by atoms with van der Waals surface area (Å²) < 4.78 is 10.9. The zero-order chi connectivity index (χ0) is 27.2. The van der Waals surface area contributed by atoms with Crippen LogP contribution in [0.5, 0.6) is 0 Å². The topological polar surface area (TPSA) is 153 Å². The number of tetrazole rings is 1. The zero-order valence-corrected chi connectivity index (χ0v) is 21.7. The lowest BCUT2D eigenvalue weighted by atomic mass is 10.1. The van der Waals surface area contributed by atoms with Crippen molar-refractivity contribution in [2.24, 2.45) is 5.10 Å². The molecule has 1 amide bonds. The molecule has 1 aromatic heterocycles. The number of ether oxygens (including phenoxy) is 2. The molecule has 0 aliphatic carbocycles. The van der Waals surface area contributed by atoms with Crippen molar-refractivity contribution in [3.05, 3.63) is 57.1 Å². The number of hydrogen-bond acceptors (Lipinski definition) is 11. The summed E-state index contributed by atoms with van der Waals surface area (Å²) in [5.41, 5.74) is 4.79. The molecule has 3 heterocycles. The third kappa shape index (κ3) is 6.30. The fourth-order valence-electron chi connectivity index (χ4n) is 4.37. The minimum Gasteiger partial charge on any atom is -0.378 e. The summed E-state index contributed by atoms with van der Waals surface area (Å²) in [5, 5.41) is 28.6. The van der Waals surface area contributed by atoms with Crippen molar-refractivity contribution in [2.75, 3.05) is 62.4 Å². The van der Waals surface area contributed by atoms with Gasteiger partial charge in [-0.2, -0.15) is 9.90 Å². The molecule has 2 aromatic carbocycles. The van der Waals surface area contributed by atoms with Crippen molar-refractivity contribution in [3.8, 4) is 11.4 Å². The third-order valence-corrected chi connectivity index (χ3v) is 6.60. The predicted octanol–water partition coefficient (Wildman–Crippen LogP) is 1.73. The number of rotatable bonds is 8. The van der Waals surface area contributed by atoms with Gasteiger partial charge < -0.3 is 19.3 Å². The monoisotopic (exact) mass is 555 g/mol. The van der Waals surface area contributed by atoms with Crippen molar-refractivity contribution in [1.29, 1.82) is 0 Å². The molecule has 0 bridgehead atoms. The van der Waals surface area contributed by atoms with Crippen molar-refractivity contribution in [3.63, 3.8) is 0 Å². The first-order chi connectivity index (χ1) is 19.0. The van der Waals surface area contributed by atoms with E-state index in [2.05, 4.69) is 30.8 Å².